The molecular formula is C43H25N5. The Balaban J connectivity index is 1.36. The van der Waals surface area contributed by atoms with Crippen molar-refractivity contribution in [2.24, 2.45) is 0 Å². The highest BCUT2D eigenvalue weighted by Crippen LogP contribution is 2.43. The summed E-state index contributed by atoms with van der Waals surface area (Å²) in [6.45, 7) is 7.49. The molecule has 0 saturated carbocycles. The zero-order chi connectivity index (χ0) is 32.0. The van der Waals surface area contributed by atoms with Crippen LogP contribution in [0.2, 0.25) is 0 Å². The summed E-state index contributed by atoms with van der Waals surface area (Å²) in [7, 11) is 0. The van der Waals surface area contributed by atoms with E-state index < -0.39 is 0 Å². The first kappa shape index (κ1) is 27.5. The molecule has 0 unspecified atom stereocenters. The predicted octanol–water partition coefficient (Wildman–Crippen LogP) is 11.1. The summed E-state index contributed by atoms with van der Waals surface area (Å²) >= 11 is 0. The first-order chi connectivity index (χ1) is 23.7. The van der Waals surface area contributed by atoms with Crippen LogP contribution < -0.4 is 0 Å². The van der Waals surface area contributed by atoms with Gasteiger partial charge in [0.25, 0.3) is 0 Å². The van der Waals surface area contributed by atoms with E-state index in [4.69, 9.17) is 26.5 Å². The van der Waals surface area contributed by atoms with Crippen LogP contribution in [0.25, 0.3) is 93.5 Å². The van der Waals surface area contributed by atoms with Gasteiger partial charge in [0, 0.05) is 32.8 Å². The van der Waals surface area contributed by atoms with Gasteiger partial charge in [0.2, 0.25) is 0 Å². The minimum atomic E-state index is 0.581. The summed E-state index contributed by atoms with van der Waals surface area (Å²) in [5, 5.41) is 8.00. The van der Waals surface area contributed by atoms with Crippen molar-refractivity contribution in [1.82, 2.24) is 19.9 Å². The number of hydrogen-bond donors (Lipinski definition) is 0. The number of rotatable bonds is 4. The molecule has 222 valence electrons. The molecule has 0 aliphatic heterocycles. The highest BCUT2D eigenvalue weighted by atomic mass is 15.0. The van der Waals surface area contributed by atoms with Crippen molar-refractivity contribution in [3.8, 4) is 45.4 Å². The van der Waals surface area contributed by atoms with Crippen LogP contribution in [0, 0.1) is 6.57 Å². The Labute approximate surface area is 276 Å². The molecule has 48 heavy (non-hydrogen) atoms. The molecule has 0 fully saturated rings. The summed E-state index contributed by atoms with van der Waals surface area (Å²) in [5.41, 5.74) is 5.97. The van der Waals surface area contributed by atoms with E-state index in [0.717, 1.165) is 55.0 Å². The number of hydrogen-bond acceptors (Lipinski definition) is 4. The highest BCUT2D eigenvalue weighted by molar-refractivity contribution is 6.33. The zero-order valence-corrected chi connectivity index (χ0v) is 25.7. The molecule has 0 aliphatic carbocycles. The normalized spacial score (nSPS) is 11.3. The molecule has 0 amide bonds. The Morgan fingerprint density at radius 2 is 0.854 bits per heavy atom. The van der Waals surface area contributed by atoms with Gasteiger partial charge in [-0.25, -0.2) is 24.8 Å². The number of aromatic nitrogens is 4. The van der Waals surface area contributed by atoms with Crippen molar-refractivity contribution < 1.29 is 0 Å². The Kier molecular flexibility index (Phi) is 6.45. The third-order valence-corrected chi connectivity index (χ3v) is 8.90. The number of nitrogens with zero attached hydrogens (tertiary/aromatic N) is 5. The molecule has 2 heterocycles. The molecule has 5 heteroatoms. The zero-order valence-electron chi connectivity index (χ0n) is 25.7. The van der Waals surface area contributed by atoms with Gasteiger partial charge >= 0.3 is 0 Å². The van der Waals surface area contributed by atoms with Crippen LogP contribution in [0.1, 0.15) is 0 Å². The summed E-state index contributed by atoms with van der Waals surface area (Å²) in [4.78, 5) is 23.8. The number of fused-ring (bicyclic) bond motifs is 8. The Bertz CT molecular complexity index is 2660. The fourth-order valence-corrected chi connectivity index (χ4v) is 6.66. The van der Waals surface area contributed by atoms with E-state index in [1.54, 1.807) is 0 Å². The molecule has 7 aromatic carbocycles. The lowest BCUT2D eigenvalue weighted by Crippen LogP contribution is -2.00. The van der Waals surface area contributed by atoms with Crippen LogP contribution in [0.15, 0.2) is 152 Å². The molecule has 2 aromatic heterocycles. The van der Waals surface area contributed by atoms with Crippen LogP contribution >= 0.6 is 0 Å². The molecule has 0 N–H and O–H groups in total. The van der Waals surface area contributed by atoms with E-state index in [1.807, 2.05) is 84.9 Å². The average Bonchev–Trinajstić information content (AvgIpc) is 3.17. The van der Waals surface area contributed by atoms with Gasteiger partial charge in [-0.2, -0.15) is 0 Å². The summed E-state index contributed by atoms with van der Waals surface area (Å²) in [6, 6.07) is 51.2. The molecular weight excluding hydrogens is 587 g/mol. The highest BCUT2D eigenvalue weighted by Gasteiger charge is 2.19. The van der Waals surface area contributed by atoms with Gasteiger partial charge in [0.15, 0.2) is 23.2 Å². The van der Waals surface area contributed by atoms with Crippen LogP contribution in [0.4, 0.5) is 5.69 Å². The van der Waals surface area contributed by atoms with Gasteiger partial charge in [0.05, 0.1) is 17.8 Å². The van der Waals surface area contributed by atoms with Crippen LogP contribution in [0.3, 0.4) is 0 Å². The second-order valence-electron chi connectivity index (χ2n) is 11.7. The van der Waals surface area contributed by atoms with Crippen molar-refractivity contribution in [3.63, 3.8) is 0 Å². The van der Waals surface area contributed by atoms with Crippen molar-refractivity contribution in [3.05, 3.63) is 163 Å². The van der Waals surface area contributed by atoms with E-state index in [1.165, 1.54) is 16.2 Å². The minimum Gasteiger partial charge on any atom is -0.247 e. The third kappa shape index (κ3) is 4.55. The molecule has 0 bridgehead atoms. The second kappa shape index (κ2) is 11.2. The fraction of sp³-hybridized carbons (Fsp3) is 0. The summed E-state index contributed by atoms with van der Waals surface area (Å²) in [5.74, 6) is 1.81. The molecule has 0 spiro atoms. The van der Waals surface area contributed by atoms with Gasteiger partial charge in [0.1, 0.15) is 0 Å². The first-order valence-corrected chi connectivity index (χ1v) is 15.8. The van der Waals surface area contributed by atoms with Crippen molar-refractivity contribution in [1.29, 1.82) is 0 Å². The molecule has 0 saturated heterocycles. The van der Waals surface area contributed by atoms with Gasteiger partial charge in [-0.05, 0) is 33.2 Å². The number of pyridine rings is 1. The SMILES string of the molecule is [C-]#[N+]c1ccc(-c2nc3cc(-c4nc(-c5ccccc5)nc(-c5ccccc5)n4)ccc3c3c4ccccc4c4ccccc4c23)cc1. The fourth-order valence-electron chi connectivity index (χ4n) is 6.66. The van der Waals surface area contributed by atoms with E-state index in [2.05, 4.69) is 71.6 Å². The van der Waals surface area contributed by atoms with Crippen LogP contribution in [-0.2, 0) is 0 Å². The Morgan fingerprint density at radius 1 is 0.375 bits per heavy atom. The quantitative estimate of drug-likeness (QED) is 0.147. The lowest BCUT2D eigenvalue weighted by atomic mass is 9.89. The van der Waals surface area contributed by atoms with Gasteiger partial charge in [-0.15, -0.1) is 0 Å². The van der Waals surface area contributed by atoms with Crippen molar-refractivity contribution in [2.45, 2.75) is 0 Å². The maximum absolute atomic E-state index is 7.49. The van der Waals surface area contributed by atoms with E-state index in [-0.39, 0.29) is 0 Å². The van der Waals surface area contributed by atoms with Crippen LogP contribution in [-0.4, -0.2) is 19.9 Å². The lowest BCUT2D eigenvalue weighted by molar-refractivity contribution is 1.07. The van der Waals surface area contributed by atoms with Crippen LogP contribution in [0.5, 0.6) is 0 Å². The Hall–Kier alpha value is -6.77. The molecule has 0 aliphatic rings. The Morgan fingerprint density at radius 3 is 1.42 bits per heavy atom. The summed E-state index contributed by atoms with van der Waals surface area (Å²) < 4.78 is 0. The standard InChI is InChI=1S/C43H25N5/c1-44-31-23-20-27(21-24-31)40-39-35-19-11-9-17-33(35)32-16-8-10-18-34(32)38(39)36-25-22-30(26-37(36)45-40)43-47-41(28-12-4-2-5-13-28)46-42(48-43)29-14-6-3-7-15-29/h2-26H. The van der Waals surface area contributed by atoms with Gasteiger partial charge in [-0.3, -0.25) is 0 Å². The second-order valence-corrected chi connectivity index (χ2v) is 11.7. The lowest BCUT2D eigenvalue weighted by Gasteiger charge is -2.17. The topological polar surface area (TPSA) is 55.9 Å². The molecule has 0 radical (unpaired) electrons. The maximum atomic E-state index is 7.49. The third-order valence-electron chi connectivity index (χ3n) is 8.90. The monoisotopic (exact) mass is 611 g/mol. The largest absolute Gasteiger partial charge is 0.247 e. The van der Waals surface area contributed by atoms with E-state index in [9.17, 15) is 0 Å². The molecule has 5 nitrogen and oxygen atoms in total. The number of benzene rings is 7. The summed E-state index contributed by atoms with van der Waals surface area (Å²) in [6.07, 6.45) is 0. The molecule has 0 atom stereocenters. The molecule has 9 aromatic rings. The maximum Gasteiger partial charge on any atom is 0.187 e. The average molecular weight is 612 g/mol. The van der Waals surface area contributed by atoms with E-state index in [0.29, 0.717) is 23.2 Å². The van der Waals surface area contributed by atoms with E-state index >= 15 is 0 Å². The predicted molar refractivity (Wildman–Crippen MR) is 196 cm³/mol. The molecule has 9 rings (SSSR count). The minimum absolute atomic E-state index is 0.581. The smallest absolute Gasteiger partial charge is 0.187 e. The van der Waals surface area contributed by atoms with Crippen molar-refractivity contribution in [2.75, 3.05) is 0 Å². The first-order valence-electron chi connectivity index (χ1n) is 15.8. The van der Waals surface area contributed by atoms with Gasteiger partial charge < -0.3 is 0 Å². The van der Waals surface area contributed by atoms with Gasteiger partial charge in [-0.1, -0.05) is 146 Å². The van der Waals surface area contributed by atoms with Crippen molar-refractivity contribution >= 4 is 48.9 Å².